The predicted molar refractivity (Wildman–Crippen MR) is 109 cm³/mol. The van der Waals surface area contributed by atoms with E-state index in [4.69, 9.17) is 9.47 Å². The van der Waals surface area contributed by atoms with Crippen LogP contribution in [0.2, 0.25) is 0 Å². The molecule has 0 aromatic heterocycles. The summed E-state index contributed by atoms with van der Waals surface area (Å²) in [6.07, 6.45) is 0. The first-order valence-electron chi connectivity index (χ1n) is 9.16. The second kappa shape index (κ2) is 9.54. The fourth-order valence-corrected chi connectivity index (χ4v) is 2.70. The van der Waals surface area contributed by atoms with E-state index < -0.39 is 4.92 Å². The van der Waals surface area contributed by atoms with Gasteiger partial charge in [0.2, 0.25) is 0 Å². The highest BCUT2D eigenvalue weighted by Crippen LogP contribution is 2.30. The van der Waals surface area contributed by atoms with Gasteiger partial charge in [-0.15, -0.1) is 0 Å². The Balaban J connectivity index is 1.65. The van der Waals surface area contributed by atoms with E-state index in [0.717, 1.165) is 16.8 Å². The lowest BCUT2D eigenvalue weighted by Crippen LogP contribution is -2.03. The first-order chi connectivity index (χ1) is 14.0. The molecule has 0 saturated heterocycles. The highest BCUT2D eigenvalue weighted by atomic mass is 19.1. The molecule has 0 radical (unpaired) electrons. The fourth-order valence-electron chi connectivity index (χ4n) is 2.70. The zero-order valence-electron chi connectivity index (χ0n) is 15.9. The second-order valence-electron chi connectivity index (χ2n) is 6.29. The van der Waals surface area contributed by atoms with Crippen LogP contribution in [0.15, 0.2) is 66.7 Å². The molecule has 0 fully saturated rings. The minimum absolute atomic E-state index is 0.0433. The molecule has 0 spiro atoms. The maximum absolute atomic E-state index is 13.0. The molecule has 150 valence electrons. The van der Waals surface area contributed by atoms with E-state index in [1.165, 1.54) is 24.3 Å². The van der Waals surface area contributed by atoms with Crippen molar-refractivity contribution in [1.82, 2.24) is 0 Å². The number of hydrogen-bond acceptors (Lipinski definition) is 5. The second-order valence-corrected chi connectivity index (χ2v) is 6.29. The van der Waals surface area contributed by atoms with Gasteiger partial charge < -0.3 is 14.8 Å². The molecule has 0 amide bonds. The number of ether oxygens (including phenoxy) is 2. The summed E-state index contributed by atoms with van der Waals surface area (Å²) in [5.74, 6) is 0.937. The van der Waals surface area contributed by atoms with Crippen LogP contribution in [-0.4, -0.2) is 11.5 Å². The Bertz CT molecular complexity index is 960. The molecule has 3 rings (SSSR count). The van der Waals surface area contributed by atoms with Crippen LogP contribution in [0.3, 0.4) is 0 Å². The van der Waals surface area contributed by atoms with Crippen molar-refractivity contribution in [3.05, 3.63) is 93.8 Å². The van der Waals surface area contributed by atoms with E-state index in [1.807, 2.05) is 25.1 Å². The Morgan fingerprint density at radius 3 is 2.28 bits per heavy atom. The monoisotopic (exact) mass is 396 g/mol. The summed E-state index contributed by atoms with van der Waals surface area (Å²) in [7, 11) is 0. The van der Waals surface area contributed by atoms with Crippen molar-refractivity contribution in [1.29, 1.82) is 0 Å². The molecular weight excluding hydrogens is 375 g/mol. The summed E-state index contributed by atoms with van der Waals surface area (Å²) in [6.45, 7) is 3.20. The minimum atomic E-state index is -0.434. The first kappa shape index (κ1) is 20.1. The van der Waals surface area contributed by atoms with Gasteiger partial charge in [0.05, 0.1) is 11.5 Å². The lowest BCUT2D eigenvalue weighted by Gasteiger charge is -2.14. The zero-order chi connectivity index (χ0) is 20.6. The molecule has 0 aliphatic heterocycles. The average molecular weight is 396 g/mol. The van der Waals surface area contributed by atoms with Crippen molar-refractivity contribution in [2.24, 2.45) is 0 Å². The molecule has 3 aromatic rings. The van der Waals surface area contributed by atoms with Gasteiger partial charge in [-0.05, 0) is 66.6 Å². The van der Waals surface area contributed by atoms with Crippen LogP contribution < -0.4 is 14.8 Å². The van der Waals surface area contributed by atoms with Gasteiger partial charge in [-0.2, -0.15) is 0 Å². The van der Waals surface area contributed by atoms with Crippen molar-refractivity contribution in [3.8, 4) is 11.5 Å². The van der Waals surface area contributed by atoms with Crippen LogP contribution in [0.5, 0.6) is 11.5 Å². The summed E-state index contributed by atoms with van der Waals surface area (Å²) in [4.78, 5) is 10.3. The average Bonchev–Trinajstić information content (AvgIpc) is 2.73. The quantitative estimate of drug-likeness (QED) is 0.391. The van der Waals surface area contributed by atoms with E-state index in [0.29, 0.717) is 24.7 Å². The van der Waals surface area contributed by atoms with E-state index in [9.17, 15) is 14.5 Å². The van der Waals surface area contributed by atoms with Gasteiger partial charge in [0, 0.05) is 24.4 Å². The number of nitrogens with one attached hydrogen (secondary N) is 1. The van der Waals surface area contributed by atoms with Gasteiger partial charge in [-0.1, -0.05) is 6.07 Å². The molecule has 0 atom stereocenters. The maximum Gasteiger partial charge on any atom is 0.269 e. The number of nitro benzene ring substituents is 1. The summed E-state index contributed by atoms with van der Waals surface area (Å²) in [5, 5.41) is 14.0. The van der Waals surface area contributed by atoms with Gasteiger partial charge in [0.25, 0.3) is 5.69 Å². The van der Waals surface area contributed by atoms with Crippen LogP contribution in [0.1, 0.15) is 18.1 Å². The number of hydrogen-bond donors (Lipinski definition) is 1. The molecule has 1 N–H and O–H groups in total. The number of nitrogens with zero attached hydrogens (tertiary/aromatic N) is 1. The predicted octanol–water partition coefficient (Wildman–Crippen LogP) is 5.32. The number of benzene rings is 3. The van der Waals surface area contributed by atoms with Crippen LogP contribution in [-0.2, 0) is 13.2 Å². The molecule has 0 aliphatic rings. The summed E-state index contributed by atoms with van der Waals surface area (Å²) in [5.41, 5.74) is 2.67. The molecule has 0 heterocycles. The summed E-state index contributed by atoms with van der Waals surface area (Å²) in [6, 6.07) is 18.1. The van der Waals surface area contributed by atoms with Crippen molar-refractivity contribution in [3.63, 3.8) is 0 Å². The minimum Gasteiger partial charge on any atom is -0.490 e. The SMILES string of the molecule is CCOc1cc(CNc2ccc(F)cc2)ccc1OCc1ccc([N+](=O)[O-])cc1. The summed E-state index contributed by atoms with van der Waals surface area (Å²) >= 11 is 0. The van der Waals surface area contributed by atoms with Crippen LogP contribution in [0, 0.1) is 15.9 Å². The lowest BCUT2D eigenvalue weighted by molar-refractivity contribution is -0.384. The van der Waals surface area contributed by atoms with Crippen molar-refractivity contribution < 1.29 is 18.8 Å². The van der Waals surface area contributed by atoms with E-state index >= 15 is 0 Å². The van der Waals surface area contributed by atoms with Crippen LogP contribution in [0.25, 0.3) is 0 Å². The number of halogens is 1. The fraction of sp³-hybridized carbons (Fsp3) is 0.182. The molecule has 29 heavy (non-hydrogen) atoms. The summed E-state index contributed by atoms with van der Waals surface area (Å²) < 4.78 is 24.5. The van der Waals surface area contributed by atoms with Gasteiger partial charge in [-0.3, -0.25) is 10.1 Å². The van der Waals surface area contributed by atoms with Crippen molar-refractivity contribution >= 4 is 11.4 Å². The molecule has 0 saturated carbocycles. The Labute approximate surface area is 168 Å². The molecule has 6 nitrogen and oxygen atoms in total. The van der Waals surface area contributed by atoms with Gasteiger partial charge >= 0.3 is 0 Å². The number of non-ortho nitro benzene ring substituents is 1. The third kappa shape index (κ3) is 5.68. The number of nitro groups is 1. The Hall–Kier alpha value is -3.61. The molecule has 0 unspecified atom stereocenters. The number of rotatable bonds is 9. The Morgan fingerprint density at radius 2 is 1.62 bits per heavy atom. The lowest BCUT2D eigenvalue weighted by atomic mass is 10.2. The van der Waals surface area contributed by atoms with Crippen LogP contribution in [0.4, 0.5) is 15.8 Å². The Kier molecular flexibility index (Phi) is 6.63. The van der Waals surface area contributed by atoms with Crippen molar-refractivity contribution in [2.75, 3.05) is 11.9 Å². The molecule has 0 aliphatic carbocycles. The van der Waals surface area contributed by atoms with Crippen molar-refractivity contribution in [2.45, 2.75) is 20.1 Å². The third-order valence-corrected chi connectivity index (χ3v) is 4.19. The maximum atomic E-state index is 13.0. The zero-order valence-corrected chi connectivity index (χ0v) is 15.9. The highest BCUT2D eigenvalue weighted by Gasteiger charge is 2.09. The smallest absolute Gasteiger partial charge is 0.269 e. The van der Waals surface area contributed by atoms with Gasteiger partial charge in [0.1, 0.15) is 12.4 Å². The largest absolute Gasteiger partial charge is 0.490 e. The topological polar surface area (TPSA) is 73.6 Å². The third-order valence-electron chi connectivity index (χ3n) is 4.19. The molecule has 7 heteroatoms. The Morgan fingerprint density at radius 1 is 0.931 bits per heavy atom. The van der Waals surface area contributed by atoms with E-state index in [-0.39, 0.29) is 18.1 Å². The first-order valence-corrected chi connectivity index (χ1v) is 9.16. The normalized spacial score (nSPS) is 10.4. The van der Waals surface area contributed by atoms with E-state index in [1.54, 1.807) is 24.3 Å². The van der Waals surface area contributed by atoms with Gasteiger partial charge in [0.15, 0.2) is 11.5 Å². The van der Waals surface area contributed by atoms with Crippen LogP contribution >= 0.6 is 0 Å². The molecule has 0 bridgehead atoms. The molecule has 3 aromatic carbocycles. The number of anilines is 1. The van der Waals surface area contributed by atoms with E-state index in [2.05, 4.69) is 5.32 Å². The van der Waals surface area contributed by atoms with Gasteiger partial charge in [-0.25, -0.2) is 4.39 Å². The highest BCUT2D eigenvalue weighted by molar-refractivity contribution is 5.47. The molecular formula is C22H21FN2O4. The standard InChI is InChI=1S/C22H21FN2O4/c1-2-28-22-13-17(14-24-19-8-6-18(23)7-9-19)5-12-21(22)29-15-16-3-10-20(11-4-16)25(26)27/h3-13,24H,2,14-15H2,1H3.